The lowest BCUT2D eigenvalue weighted by molar-refractivity contribution is 0.117. The van der Waals surface area contributed by atoms with Crippen LogP contribution in [0.15, 0.2) is 6.07 Å². The number of ether oxygens (including phenoxy) is 1. The molecular weight excluding hydrogens is 226 g/mol. The Labute approximate surface area is 109 Å². The van der Waals surface area contributed by atoms with Gasteiger partial charge in [-0.3, -0.25) is 0 Å². The maximum atomic E-state index is 6.02. The van der Waals surface area contributed by atoms with Gasteiger partial charge in [0.25, 0.3) is 0 Å². The van der Waals surface area contributed by atoms with E-state index in [1.165, 1.54) is 19.3 Å². The third kappa shape index (κ3) is 3.34. The summed E-state index contributed by atoms with van der Waals surface area (Å²) in [6, 6.07) is 1.91. The molecule has 0 aromatic carbocycles. The summed E-state index contributed by atoms with van der Waals surface area (Å²) >= 11 is 0. The first-order valence-corrected chi connectivity index (χ1v) is 6.91. The molecule has 1 N–H and O–H groups in total. The molecule has 0 radical (unpaired) electrons. The molecule has 100 valence electrons. The monoisotopic (exact) mass is 249 g/mol. The van der Waals surface area contributed by atoms with Crippen molar-refractivity contribution >= 4 is 5.95 Å². The van der Waals surface area contributed by atoms with Gasteiger partial charge >= 0.3 is 0 Å². The smallest absolute Gasteiger partial charge is 0.225 e. The van der Waals surface area contributed by atoms with E-state index in [1.54, 1.807) is 0 Å². The molecular formula is C14H23N3O. The van der Waals surface area contributed by atoms with Gasteiger partial charge in [-0.25, -0.2) is 4.98 Å². The molecule has 0 bridgehead atoms. The lowest BCUT2D eigenvalue weighted by atomic mass is 9.85. The highest BCUT2D eigenvalue weighted by Crippen LogP contribution is 2.29. The number of anilines is 1. The van der Waals surface area contributed by atoms with Crippen molar-refractivity contribution < 1.29 is 4.74 Å². The van der Waals surface area contributed by atoms with E-state index in [1.807, 2.05) is 20.0 Å². The van der Waals surface area contributed by atoms with Gasteiger partial charge in [-0.2, -0.15) is 4.98 Å². The van der Waals surface area contributed by atoms with Crippen LogP contribution in [0.3, 0.4) is 0 Å². The van der Waals surface area contributed by atoms with Crippen LogP contribution in [0.1, 0.15) is 44.7 Å². The number of nitrogens with zero attached hydrogens (tertiary/aromatic N) is 2. The lowest BCUT2D eigenvalue weighted by Crippen LogP contribution is -2.25. The van der Waals surface area contributed by atoms with Crippen LogP contribution in [0.25, 0.3) is 0 Å². The van der Waals surface area contributed by atoms with E-state index in [4.69, 9.17) is 4.74 Å². The van der Waals surface area contributed by atoms with Gasteiger partial charge in [0.05, 0.1) is 0 Å². The summed E-state index contributed by atoms with van der Waals surface area (Å²) in [5, 5.41) is 2.96. The third-order valence-corrected chi connectivity index (χ3v) is 3.65. The summed E-state index contributed by atoms with van der Waals surface area (Å²) in [5.41, 5.74) is 0.937. The first-order valence-electron chi connectivity index (χ1n) is 6.91. The molecule has 1 heterocycles. The standard InChI is InChI=1S/C14H23N3O/c1-4-11-6-5-7-12(9-11)18-13-8-10(2)16-14(15-3)17-13/h8,11-12H,4-7,9H2,1-3H3,(H,15,16,17). The Bertz CT molecular complexity index is 395. The van der Waals surface area contributed by atoms with Crippen LogP contribution in [0.5, 0.6) is 5.88 Å². The molecule has 18 heavy (non-hydrogen) atoms. The van der Waals surface area contributed by atoms with Crippen LogP contribution in [0.4, 0.5) is 5.95 Å². The van der Waals surface area contributed by atoms with E-state index >= 15 is 0 Å². The van der Waals surface area contributed by atoms with E-state index in [-0.39, 0.29) is 0 Å². The number of aryl methyl sites for hydroxylation is 1. The van der Waals surface area contributed by atoms with Crippen molar-refractivity contribution in [2.45, 2.75) is 52.1 Å². The predicted molar refractivity (Wildman–Crippen MR) is 73.0 cm³/mol. The summed E-state index contributed by atoms with van der Waals surface area (Å²) in [7, 11) is 1.83. The molecule has 2 rings (SSSR count). The fraction of sp³-hybridized carbons (Fsp3) is 0.714. The van der Waals surface area contributed by atoms with Crippen LogP contribution in [0.2, 0.25) is 0 Å². The second kappa shape index (κ2) is 6.03. The number of aromatic nitrogens is 2. The largest absolute Gasteiger partial charge is 0.474 e. The Morgan fingerprint density at radius 1 is 1.39 bits per heavy atom. The van der Waals surface area contributed by atoms with Gasteiger partial charge < -0.3 is 10.1 Å². The Morgan fingerprint density at radius 2 is 2.22 bits per heavy atom. The SMILES string of the molecule is CCC1CCCC(Oc2cc(C)nc(NC)n2)C1. The van der Waals surface area contributed by atoms with E-state index in [0.717, 1.165) is 24.5 Å². The average Bonchev–Trinajstić information content (AvgIpc) is 2.38. The molecule has 1 aliphatic rings. The van der Waals surface area contributed by atoms with Crippen LogP contribution in [-0.4, -0.2) is 23.1 Å². The normalized spacial score (nSPS) is 23.7. The van der Waals surface area contributed by atoms with E-state index in [0.29, 0.717) is 17.9 Å². The minimum Gasteiger partial charge on any atom is -0.474 e. The van der Waals surface area contributed by atoms with Gasteiger partial charge in [-0.1, -0.05) is 19.8 Å². The zero-order valence-electron chi connectivity index (χ0n) is 11.6. The Hall–Kier alpha value is -1.32. The third-order valence-electron chi connectivity index (χ3n) is 3.65. The fourth-order valence-electron chi connectivity index (χ4n) is 2.60. The predicted octanol–water partition coefficient (Wildman–Crippen LogP) is 3.17. The Morgan fingerprint density at radius 3 is 2.94 bits per heavy atom. The second-order valence-corrected chi connectivity index (χ2v) is 5.10. The van der Waals surface area contributed by atoms with Crippen molar-refractivity contribution in [2.75, 3.05) is 12.4 Å². The first-order chi connectivity index (χ1) is 8.71. The molecule has 0 amide bonds. The van der Waals surface area contributed by atoms with Crippen molar-refractivity contribution in [3.63, 3.8) is 0 Å². The van der Waals surface area contributed by atoms with Crippen molar-refractivity contribution in [3.8, 4) is 5.88 Å². The zero-order valence-corrected chi connectivity index (χ0v) is 11.6. The van der Waals surface area contributed by atoms with E-state index in [2.05, 4.69) is 22.2 Å². The zero-order chi connectivity index (χ0) is 13.0. The van der Waals surface area contributed by atoms with Gasteiger partial charge in [0, 0.05) is 18.8 Å². The quantitative estimate of drug-likeness (QED) is 0.890. The van der Waals surface area contributed by atoms with E-state index < -0.39 is 0 Å². The molecule has 4 heteroatoms. The fourth-order valence-corrected chi connectivity index (χ4v) is 2.60. The maximum Gasteiger partial charge on any atom is 0.225 e. The summed E-state index contributed by atoms with van der Waals surface area (Å²) in [6.07, 6.45) is 6.50. The number of nitrogens with one attached hydrogen (secondary N) is 1. The molecule has 1 saturated carbocycles. The van der Waals surface area contributed by atoms with Gasteiger partial charge in [0.1, 0.15) is 6.10 Å². The van der Waals surface area contributed by atoms with Crippen LogP contribution < -0.4 is 10.1 Å². The minimum absolute atomic E-state index is 0.322. The second-order valence-electron chi connectivity index (χ2n) is 5.10. The summed E-state index contributed by atoms with van der Waals surface area (Å²) in [6.45, 7) is 4.23. The van der Waals surface area contributed by atoms with Crippen LogP contribution in [-0.2, 0) is 0 Å². The highest BCUT2D eigenvalue weighted by molar-refractivity contribution is 5.29. The Balaban J connectivity index is 2.02. The highest BCUT2D eigenvalue weighted by Gasteiger charge is 2.22. The molecule has 2 unspecified atom stereocenters. The van der Waals surface area contributed by atoms with Crippen LogP contribution in [0, 0.1) is 12.8 Å². The molecule has 0 spiro atoms. The molecule has 0 aliphatic heterocycles. The minimum atomic E-state index is 0.322. The topological polar surface area (TPSA) is 47.0 Å². The Kier molecular flexibility index (Phi) is 4.39. The number of hydrogen-bond donors (Lipinski definition) is 1. The molecule has 1 aliphatic carbocycles. The molecule has 1 aromatic rings. The molecule has 4 nitrogen and oxygen atoms in total. The molecule has 1 aromatic heterocycles. The lowest BCUT2D eigenvalue weighted by Gasteiger charge is -2.28. The average molecular weight is 249 g/mol. The van der Waals surface area contributed by atoms with E-state index in [9.17, 15) is 0 Å². The molecule has 0 saturated heterocycles. The number of hydrogen-bond acceptors (Lipinski definition) is 4. The van der Waals surface area contributed by atoms with Crippen molar-refractivity contribution in [2.24, 2.45) is 5.92 Å². The first kappa shape index (κ1) is 13.1. The highest BCUT2D eigenvalue weighted by atomic mass is 16.5. The van der Waals surface area contributed by atoms with Crippen molar-refractivity contribution in [1.82, 2.24) is 9.97 Å². The number of rotatable bonds is 4. The molecule has 2 atom stereocenters. The summed E-state index contributed by atoms with van der Waals surface area (Å²) < 4.78 is 6.02. The maximum absolute atomic E-state index is 6.02. The van der Waals surface area contributed by atoms with Gasteiger partial charge in [0.2, 0.25) is 11.8 Å². The molecule has 1 fully saturated rings. The summed E-state index contributed by atoms with van der Waals surface area (Å²) in [5.74, 6) is 2.15. The van der Waals surface area contributed by atoms with Gasteiger partial charge in [0.15, 0.2) is 0 Å². The van der Waals surface area contributed by atoms with Crippen molar-refractivity contribution in [3.05, 3.63) is 11.8 Å². The van der Waals surface area contributed by atoms with Gasteiger partial charge in [-0.15, -0.1) is 0 Å². The van der Waals surface area contributed by atoms with Crippen LogP contribution >= 0.6 is 0 Å². The van der Waals surface area contributed by atoms with Gasteiger partial charge in [-0.05, 0) is 32.1 Å². The van der Waals surface area contributed by atoms with Crippen molar-refractivity contribution in [1.29, 1.82) is 0 Å². The summed E-state index contributed by atoms with van der Waals surface area (Å²) in [4.78, 5) is 8.63.